The van der Waals surface area contributed by atoms with Gasteiger partial charge in [-0.3, -0.25) is 4.79 Å². The molecule has 1 amide bonds. The van der Waals surface area contributed by atoms with Gasteiger partial charge >= 0.3 is 5.97 Å². The summed E-state index contributed by atoms with van der Waals surface area (Å²) in [5, 5.41) is 2.56. The Balaban J connectivity index is 2.24. The van der Waals surface area contributed by atoms with Gasteiger partial charge in [-0.25, -0.2) is 9.78 Å². The number of halogens is 1. The topological polar surface area (TPSA) is 68.3 Å². The third-order valence-corrected chi connectivity index (χ3v) is 2.57. The van der Waals surface area contributed by atoms with Crippen molar-refractivity contribution in [1.29, 1.82) is 0 Å². The number of benzene rings is 1. The minimum atomic E-state index is -0.670. The van der Waals surface area contributed by atoms with E-state index in [9.17, 15) is 14.0 Å². The molecule has 0 saturated heterocycles. The zero-order valence-corrected chi connectivity index (χ0v) is 10.6. The predicted octanol–water partition coefficient (Wildman–Crippen LogP) is 2.26. The van der Waals surface area contributed by atoms with Crippen LogP contribution >= 0.6 is 0 Å². The molecule has 1 aromatic heterocycles. The van der Waals surface area contributed by atoms with Gasteiger partial charge in [-0.15, -0.1) is 0 Å². The summed E-state index contributed by atoms with van der Waals surface area (Å²) in [6.07, 6.45) is 1.12. The third kappa shape index (κ3) is 2.97. The number of hydrogen-bond acceptors (Lipinski definition) is 4. The van der Waals surface area contributed by atoms with E-state index in [1.54, 1.807) is 18.2 Å². The number of para-hydroxylation sites is 1. The Bertz CT molecular complexity index is 641. The van der Waals surface area contributed by atoms with E-state index in [1.807, 2.05) is 0 Å². The lowest BCUT2D eigenvalue weighted by Crippen LogP contribution is -2.15. The maximum atomic E-state index is 12.7. The lowest BCUT2D eigenvalue weighted by atomic mass is 10.1. The van der Waals surface area contributed by atoms with Crippen LogP contribution in [0.2, 0.25) is 0 Å². The molecule has 1 heterocycles. The number of rotatable bonds is 3. The Morgan fingerprint density at radius 2 is 1.95 bits per heavy atom. The number of pyridine rings is 1. The highest BCUT2D eigenvalue weighted by atomic mass is 19.1. The van der Waals surface area contributed by atoms with E-state index in [1.165, 1.54) is 19.2 Å². The highest BCUT2D eigenvalue weighted by molar-refractivity contribution is 6.07. The molecule has 102 valence electrons. The highest BCUT2D eigenvalue weighted by Gasteiger charge is 2.14. The summed E-state index contributed by atoms with van der Waals surface area (Å²) in [6.45, 7) is 0. The van der Waals surface area contributed by atoms with Crippen LogP contribution in [0.3, 0.4) is 0 Å². The van der Waals surface area contributed by atoms with Crippen LogP contribution < -0.4 is 5.32 Å². The predicted molar refractivity (Wildman–Crippen MR) is 69.9 cm³/mol. The van der Waals surface area contributed by atoms with Crippen molar-refractivity contribution in [2.75, 3.05) is 12.4 Å². The fourth-order valence-corrected chi connectivity index (χ4v) is 1.58. The Morgan fingerprint density at radius 3 is 2.60 bits per heavy atom. The SMILES string of the molecule is COC(=O)c1ccccc1NC(=O)c1ccc(F)nc1. The van der Waals surface area contributed by atoms with E-state index in [0.717, 1.165) is 12.3 Å². The van der Waals surface area contributed by atoms with E-state index in [0.29, 0.717) is 5.69 Å². The summed E-state index contributed by atoms with van der Waals surface area (Å²) in [6, 6.07) is 8.82. The number of carbonyl (C=O) groups is 2. The molecule has 0 aliphatic carbocycles. The van der Waals surface area contributed by atoms with Crippen molar-refractivity contribution >= 4 is 17.6 Å². The number of methoxy groups -OCH3 is 1. The van der Waals surface area contributed by atoms with Gasteiger partial charge in [-0.05, 0) is 24.3 Å². The smallest absolute Gasteiger partial charge is 0.339 e. The number of aromatic nitrogens is 1. The Hall–Kier alpha value is -2.76. The first-order valence-corrected chi connectivity index (χ1v) is 5.72. The van der Waals surface area contributed by atoms with Crippen molar-refractivity contribution in [3.63, 3.8) is 0 Å². The highest BCUT2D eigenvalue weighted by Crippen LogP contribution is 2.17. The molecular weight excluding hydrogens is 263 g/mol. The van der Waals surface area contributed by atoms with Crippen LogP contribution in [0.1, 0.15) is 20.7 Å². The molecule has 1 N–H and O–H groups in total. The Kier molecular flexibility index (Phi) is 4.05. The minimum Gasteiger partial charge on any atom is -0.465 e. The third-order valence-electron chi connectivity index (χ3n) is 2.57. The van der Waals surface area contributed by atoms with Gasteiger partial charge in [0.1, 0.15) is 0 Å². The van der Waals surface area contributed by atoms with Gasteiger partial charge in [-0.2, -0.15) is 4.39 Å². The minimum absolute atomic E-state index is 0.186. The summed E-state index contributed by atoms with van der Waals surface area (Å²) in [4.78, 5) is 26.9. The maximum Gasteiger partial charge on any atom is 0.339 e. The maximum absolute atomic E-state index is 12.7. The Labute approximate surface area is 114 Å². The molecule has 0 saturated carbocycles. The summed E-state index contributed by atoms with van der Waals surface area (Å²) >= 11 is 0. The van der Waals surface area contributed by atoms with E-state index in [4.69, 9.17) is 0 Å². The number of anilines is 1. The first kappa shape index (κ1) is 13.7. The van der Waals surface area contributed by atoms with E-state index >= 15 is 0 Å². The fraction of sp³-hybridized carbons (Fsp3) is 0.0714. The average Bonchev–Trinajstić information content (AvgIpc) is 2.47. The molecule has 2 rings (SSSR count). The van der Waals surface area contributed by atoms with Crippen LogP contribution in [-0.2, 0) is 4.74 Å². The number of esters is 1. The van der Waals surface area contributed by atoms with E-state index in [2.05, 4.69) is 15.0 Å². The number of nitrogens with zero attached hydrogens (tertiary/aromatic N) is 1. The van der Waals surface area contributed by atoms with Gasteiger partial charge in [0.25, 0.3) is 5.91 Å². The summed E-state index contributed by atoms with van der Waals surface area (Å²) in [5.74, 6) is -1.72. The van der Waals surface area contributed by atoms with Crippen LogP contribution in [0.4, 0.5) is 10.1 Å². The van der Waals surface area contributed by atoms with Crippen molar-refractivity contribution in [3.05, 3.63) is 59.7 Å². The molecule has 0 atom stereocenters. The molecule has 0 spiro atoms. The molecule has 20 heavy (non-hydrogen) atoms. The van der Waals surface area contributed by atoms with E-state index in [-0.39, 0.29) is 11.1 Å². The van der Waals surface area contributed by atoms with Gasteiger partial charge in [0.15, 0.2) is 0 Å². The number of nitrogens with one attached hydrogen (secondary N) is 1. The normalized spacial score (nSPS) is 9.90. The summed E-state index contributed by atoms with van der Waals surface area (Å²) in [5.41, 5.74) is 0.734. The van der Waals surface area contributed by atoms with Gasteiger partial charge in [0, 0.05) is 6.20 Å². The van der Waals surface area contributed by atoms with Gasteiger partial charge in [0.05, 0.1) is 23.9 Å². The molecule has 6 heteroatoms. The second-order valence-corrected chi connectivity index (χ2v) is 3.86. The van der Waals surface area contributed by atoms with Crippen LogP contribution in [0.25, 0.3) is 0 Å². The summed E-state index contributed by atoms with van der Waals surface area (Å²) in [7, 11) is 1.25. The quantitative estimate of drug-likeness (QED) is 0.688. The van der Waals surface area contributed by atoms with Crippen LogP contribution in [0.5, 0.6) is 0 Å². The van der Waals surface area contributed by atoms with E-state index < -0.39 is 17.8 Å². The molecule has 2 aromatic rings. The lowest BCUT2D eigenvalue weighted by molar-refractivity contribution is 0.0602. The Morgan fingerprint density at radius 1 is 1.20 bits per heavy atom. The molecule has 0 unspecified atom stereocenters. The van der Waals surface area contributed by atoms with Crippen LogP contribution in [-0.4, -0.2) is 24.0 Å². The van der Waals surface area contributed by atoms with Crippen molar-refractivity contribution in [1.82, 2.24) is 4.98 Å². The lowest BCUT2D eigenvalue weighted by Gasteiger charge is -2.09. The first-order valence-electron chi connectivity index (χ1n) is 5.72. The van der Waals surface area contributed by atoms with Crippen LogP contribution in [0, 0.1) is 5.95 Å². The molecule has 1 aromatic carbocycles. The van der Waals surface area contributed by atoms with Crippen molar-refractivity contribution in [3.8, 4) is 0 Å². The second kappa shape index (κ2) is 5.92. The number of amides is 1. The zero-order chi connectivity index (χ0) is 14.5. The molecular formula is C14H11FN2O3. The molecule has 0 fully saturated rings. The first-order chi connectivity index (χ1) is 9.61. The van der Waals surface area contributed by atoms with Gasteiger partial charge in [-0.1, -0.05) is 12.1 Å². The number of carbonyl (C=O) groups excluding carboxylic acids is 2. The van der Waals surface area contributed by atoms with Gasteiger partial charge in [0.2, 0.25) is 5.95 Å². The largest absolute Gasteiger partial charge is 0.465 e. The standard InChI is InChI=1S/C14H11FN2O3/c1-20-14(19)10-4-2-3-5-11(10)17-13(18)9-6-7-12(15)16-8-9/h2-8H,1H3,(H,17,18). The molecule has 5 nitrogen and oxygen atoms in total. The zero-order valence-electron chi connectivity index (χ0n) is 10.6. The fourth-order valence-electron chi connectivity index (χ4n) is 1.58. The molecule has 0 aliphatic rings. The van der Waals surface area contributed by atoms with Crippen molar-refractivity contribution < 1.29 is 18.7 Å². The summed E-state index contributed by atoms with van der Waals surface area (Å²) < 4.78 is 17.3. The van der Waals surface area contributed by atoms with Gasteiger partial charge < -0.3 is 10.1 Å². The second-order valence-electron chi connectivity index (χ2n) is 3.86. The monoisotopic (exact) mass is 274 g/mol. The molecule has 0 bridgehead atoms. The number of ether oxygens (including phenoxy) is 1. The van der Waals surface area contributed by atoms with Crippen molar-refractivity contribution in [2.24, 2.45) is 0 Å². The number of hydrogen-bond donors (Lipinski definition) is 1. The van der Waals surface area contributed by atoms with Crippen molar-refractivity contribution in [2.45, 2.75) is 0 Å². The molecule has 0 radical (unpaired) electrons. The average molecular weight is 274 g/mol. The van der Waals surface area contributed by atoms with Crippen LogP contribution in [0.15, 0.2) is 42.6 Å². The molecule has 0 aliphatic heterocycles.